The first-order valence-electron chi connectivity index (χ1n) is 4.53. The van der Waals surface area contributed by atoms with Crippen molar-refractivity contribution < 1.29 is 4.79 Å². The Morgan fingerprint density at radius 3 is 2.17 bits per heavy atom. The van der Waals surface area contributed by atoms with Gasteiger partial charge in [-0.2, -0.15) is 0 Å². The van der Waals surface area contributed by atoms with Crippen molar-refractivity contribution in [3.8, 4) is 0 Å². The fraction of sp³-hybridized carbons (Fsp3) is 0.900. The third-order valence-corrected chi connectivity index (χ3v) is 2.67. The number of hydrogen-bond donors (Lipinski definition) is 0. The van der Waals surface area contributed by atoms with Gasteiger partial charge < -0.3 is 4.90 Å². The lowest BCUT2D eigenvalue weighted by Gasteiger charge is -2.17. The van der Waals surface area contributed by atoms with E-state index in [4.69, 9.17) is 0 Å². The van der Waals surface area contributed by atoms with E-state index in [1.165, 1.54) is 0 Å². The zero-order chi connectivity index (χ0) is 9.57. The van der Waals surface area contributed by atoms with Gasteiger partial charge in [-0.1, -0.05) is 20.8 Å². The minimum atomic E-state index is 0.106. The van der Waals surface area contributed by atoms with Gasteiger partial charge in [0.05, 0.1) is 11.6 Å². The van der Waals surface area contributed by atoms with Gasteiger partial charge in [-0.25, -0.2) is 0 Å². The van der Waals surface area contributed by atoms with Crippen LogP contribution in [-0.2, 0) is 4.79 Å². The summed E-state index contributed by atoms with van der Waals surface area (Å²) in [5.41, 5.74) is 0.425. The van der Waals surface area contributed by atoms with E-state index in [0.717, 1.165) is 12.8 Å². The summed E-state index contributed by atoms with van der Waals surface area (Å²) in [7, 11) is 0. The third kappa shape index (κ3) is 1.62. The van der Waals surface area contributed by atoms with E-state index in [2.05, 4.69) is 34.6 Å². The predicted octanol–water partition coefficient (Wildman–Crippen LogP) is 2.04. The van der Waals surface area contributed by atoms with Crippen molar-refractivity contribution in [1.29, 1.82) is 0 Å². The number of rotatable bonds is 2. The Balaban J connectivity index is 2.53. The van der Waals surface area contributed by atoms with Gasteiger partial charge >= 0.3 is 0 Å². The van der Waals surface area contributed by atoms with Crippen LogP contribution in [0.1, 0.15) is 41.0 Å². The average molecular weight is 169 g/mol. The van der Waals surface area contributed by atoms with Crippen molar-refractivity contribution in [2.45, 2.75) is 52.6 Å². The molecule has 0 aromatic rings. The van der Waals surface area contributed by atoms with Crippen molar-refractivity contribution in [2.24, 2.45) is 5.41 Å². The van der Waals surface area contributed by atoms with Crippen molar-refractivity contribution in [2.75, 3.05) is 0 Å². The lowest BCUT2D eigenvalue weighted by Crippen LogP contribution is -2.13. The second-order valence-corrected chi connectivity index (χ2v) is 5.45. The molecule has 1 aliphatic heterocycles. The molecule has 2 heteroatoms. The number of carbonyl (C=O) groups excluding carboxylic acids is 1. The molecule has 1 saturated heterocycles. The van der Waals surface area contributed by atoms with E-state index in [9.17, 15) is 4.79 Å². The van der Waals surface area contributed by atoms with E-state index in [-0.39, 0.29) is 5.54 Å². The summed E-state index contributed by atoms with van der Waals surface area (Å²) >= 11 is 0. The smallest absolute Gasteiger partial charge is 0.210 e. The molecule has 0 saturated carbocycles. The fourth-order valence-corrected chi connectivity index (χ4v) is 1.74. The lowest BCUT2D eigenvalue weighted by molar-refractivity contribution is -0.114. The first-order valence-corrected chi connectivity index (χ1v) is 4.53. The summed E-state index contributed by atoms with van der Waals surface area (Å²) in [5.74, 6) is 0. The molecule has 1 rings (SSSR count). The Bertz CT molecular complexity index is 191. The van der Waals surface area contributed by atoms with Crippen molar-refractivity contribution in [3.63, 3.8) is 0 Å². The molecule has 70 valence electrons. The molecular formula is C10H19NO. The maximum absolute atomic E-state index is 10.6. The molecule has 0 aromatic carbocycles. The third-order valence-electron chi connectivity index (χ3n) is 2.67. The summed E-state index contributed by atoms with van der Waals surface area (Å²) in [4.78, 5) is 12.5. The molecule has 1 unspecified atom stereocenters. The highest BCUT2D eigenvalue weighted by Gasteiger charge is 2.55. The maximum atomic E-state index is 10.6. The van der Waals surface area contributed by atoms with Crippen LogP contribution in [0.3, 0.4) is 0 Å². The molecule has 1 atom stereocenters. The highest BCUT2D eigenvalue weighted by Crippen LogP contribution is 2.44. The van der Waals surface area contributed by atoms with Crippen LogP contribution in [0.15, 0.2) is 0 Å². The van der Waals surface area contributed by atoms with Gasteiger partial charge in [0.1, 0.15) is 0 Å². The Morgan fingerprint density at radius 1 is 1.42 bits per heavy atom. The summed E-state index contributed by atoms with van der Waals surface area (Å²) in [6.45, 7) is 10.9. The largest absolute Gasteiger partial charge is 0.333 e. The first-order chi connectivity index (χ1) is 5.29. The average Bonchev–Trinajstić information content (AvgIpc) is 2.30. The van der Waals surface area contributed by atoms with Gasteiger partial charge in [0, 0.05) is 0 Å². The molecule has 0 bridgehead atoms. The SMILES string of the molecule is CC(C)(C)CC1N(C=O)C1(C)C. The highest BCUT2D eigenvalue weighted by molar-refractivity contribution is 5.56. The highest BCUT2D eigenvalue weighted by atomic mass is 16.1. The standard InChI is InChI=1S/C10H19NO/c1-9(2,3)6-8-10(4,5)11(8)7-12/h7-8H,6H2,1-5H3. The quantitative estimate of drug-likeness (QED) is 0.457. The first kappa shape index (κ1) is 9.56. The van der Waals surface area contributed by atoms with Gasteiger partial charge in [0.15, 0.2) is 0 Å². The summed E-state index contributed by atoms with van der Waals surface area (Å²) in [6, 6.07) is 0.454. The van der Waals surface area contributed by atoms with Gasteiger partial charge in [0.2, 0.25) is 6.41 Å². The van der Waals surface area contributed by atoms with Gasteiger partial charge in [-0.05, 0) is 25.7 Å². The Morgan fingerprint density at radius 2 is 1.92 bits per heavy atom. The topological polar surface area (TPSA) is 20.1 Å². The summed E-state index contributed by atoms with van der Waals surface area (Å²) in [6.07, 6.45) is 2.06. The Labute approximate surface area is 74.9 Å². The number of carbonyl (C=O) groups is 1. The number of hydrogen-bond acceptors (Lipinski definition) is 1. The molecule has 0 aliphatic carbocycles. The predicted molar refractivity (Wildman–Crippen MR) is 49.8 cm³/mol. The second-order valence-electron chi connectivity index (χ2n) is 5.45. The van der Waals surface area contributed by atoms with E-state index in [1.807, 2.05) is 4.90 Å². The van der Waals surface area contributed by atoms with E-state index in [0.29, 0.717) is 11.5 Å². The molecule has 0 N–H and O–H groups in total. The lowest BCUT2D eigenvalue weighted by atomic mass is 9.88. The zero-order valence-corrected chi connectivity index (χ0v) is 8.72. The number of nitrogens with zero attached hydrogens (tertiary/aromatic N) is 1. The van der Waals surface area contributed by atoms with Crippen LogP contribution in [0, 0.1) is 5.41 Å². The van der Waals surface area contributed by atoms with E-state index < -0.39 is 0 Å². The van der Waals surface area contributed by atoms with Crippen LogP contribution < -0.4 is 0 Å². The van der Waals surface area contributed by atoms with Crippen LogP contribution in [0.4, 0.5) is 0 Å². The molecule has 2 nitrogen and oxygen atoms in total. The molecule has 1 fully saturated rings. The molecular weight excluding hydrogens is 150 g/mol. The molecule has 1 heterocycles. The van der Waals surface area contributed by atoms with Gasteiger partial charge in [-0.15, -0.1) is 0 Å². The Hall–Kier alpha value is -0.530. The van der Waals surface area contributed by atoms with Crippen LogP contribution in [0.25, 0.3) is 0 Å². The van der Waals surface area contributed by atoms with E-state index in [1.54, 1.807) is 0 Å². The maximum Gasteiger partial charge on any atom is 0.210 e. The zero-order valence-electron chi connectivity index (χ0n) is 8.72. The second kappa shape index (κ2) is 2.48. The minimum absolute atomic E-state index is 0.106. The normalized spacial score (nSPS) is 27.1. The molecule has 1 aliphatic rings. The van der Waals surface area contributed by atoms with E-state index >= 15 is 0 Å². The minimum Gasteiger partial charge on any atom is -0.333 e. The molecule has 0 spiro atoms. The monoisotopic (exact) mass is 169 g/mol. The van der Waals surface area contributed by atoms with Gasteiger partial charge in [-0.3, -0.25) is 4.79 Å². The van der Waals surface area contributed by atoms with Crippen LogP contribution in [-0.4, -0.2) is 22.9 Å². The van der Waals surface area contributed by atoms with Crippen LogP contribution in [0.5, 0.6) is 0 Å². The van der Waals surface area contributed by atoms with Crippen LogP contribution >= 0.6 is 0 Å². The fourth-order valence-electron chi connectivity index (χ4n) is 1.74. The van der Waals surface area contributed by atoms with Crippen molar-refractivity contribution in [1.82, 2.24) is 4.90 Å². The van der Waals surface area contributed by atoms with Crippen LogP contribution in [0.2, 0.25) is 0 Å². The van der Waals surface area contributed by atoms with Crippen molar-refractivity contribution >= 4 is 6.41 Å². The number of amides is 1. The van der Waals surface area contributed by atoms with Crippen molar-refractivity contribution in [3.05, 3.63) is 0 Å². The Kier molecular flexibility index (Phi) is 1.97. The van der Waals surface area contributed by atoms with Gasteiger partial charge in [0.25, 0.3) is 0 Å². The summed E-state index contributed by atoms with van der Waals surface area (Å²) in [5, 5.41) is 0. The summed E-state index contributed by atoms with van der Waals surface area (Å²) < 4.78 is 0. The molecule has 0 radical (unpaired) electrons. The molecule has 12 heavy (non-hydrogen) atoms. The molecule has 0 aromatic heterocycles. The molecule has 1 amide bonds.